The zero-order valence-electron chi connectivity index (χ0n) is 10.00. The smallest absolute Gasteiger partial charge is 0.274 e. The molecule has 1 heterocycles. The molecule has 3 N–H and O–H groups in total. The molecule has 0 fully saturated rings. The molecule has 0 aliphatic carbocycles. The quantitative estimate of drug-likeness (QED) is 0.855. The molecule has 18 heavy (non-hydrogen) atoms. The first-order chi connectivity index (χ1) is 8.68. The fourth-order valence-corrected chi connectivity index (χ4v) is 1.61. The van der Waals surface area contributed by atoms with Crippen LogP contribution < -0.4 is 11.1 Å². The topological polar surface area (TPSA) is 80.9 Å². The number of aromatic nitrogens is 2. The standard InChI is InChI=1S/C13H14N4O/c1-9(10-5-3-2-4-6-10)17-13(18)11-12(14)16-8-7-15-11/h2-9H,1H3,(H2,14,16)(H,17,18)/t9-/m0/s1. The van der Waals surface area contributed by atoms with E-state index in [1.807, 2.05) is 37.3 Å². The fraction of sp³-hybridized carbons (Fsp3) is 0.154. The summed E-state index contributed by atoms with van der Waals surface area (Å²) >= 11 is 0. The Labute approximate surface area is 105 Å². The Bertz CT molecular complexity index is 542. The molecule has 1 amide bonds. The van der Waals surface area contributed by atoms with Crippen LogP contribution in [0.1, 0.15) is 29.0 Å². The number of nitrogens with zero attached hydrogens (tertiary/aromatic N) is 2. The van der Waals surface area contributed by atoms with Crippen LogP contribution in [-0.4, -0.2) is 15.9 Å². The second kappa shape index (κ2) is 5.27. The number of rotatable bonds is 3. The van der Waals surface area contributed by atoms with Crippen molar-refractivity contribution in [1.82, 2.24) is 15.3 Å². The van der Waals surface area contributed by atoms with Gasteiger partial charge in [-0.2, -0.15) is 0 Å². The largest absolute Gasteiger partial charge is 0.382 e. The molecule has 1 aromatic heterocycles. The molecule has 2 rings (SSSR count). The third-order valence-corrected chi connectivity index (χ3v) is 2.59. The number of amides is 1. The summed E-state index contributed by atoms with van der Waals surface area (Å²) in [7, 11) is 0. The first kappa shape index (κ1) is 12.0. The maximum Gasteiger partial charge on any atom is 0.274 e. The van der Waals surface area contributed by atoms with Crippen LogP contribution in [0.5, 0.6) is 0 Å². The van der Waals surface area contributed by atoms with Gasteiger partial charge in [0.25, 0.3) is 5.91 Å². The van der Waals surface area contributed by atoms with Crippen molar-refractivity contribution in [3.05, 3.63) is 54.0 Å². The van der Waals surface area contributed by atoms with Crippen molar-refractivity contribution in [2.24, 2.45) is 0 Å². The summed E-state index contributed by atoms with van der Waals surface area (Å²) in [5.41, 5.74) is 6.78. The molecular weight excluding hydrogens is 228 g/mol. The Morgan fingerprint density at radius 2 is 1.89 bits per heavy atom. The normalized spacial score (nSPS) is 11.8. The number of carbonyl (C=O) groups excluding carboxylic acids is 1. The zero-order valence-corrected chi connectivity index (χ0v) is 10.00. The van der Waals surface area contributed by atoms with E-state index in [1.54, 1.807) is 0 Å². The first-order valence-corrected chi connectivity index (χ1v) is 5.61. The SMILES string of the molecule is C[C@H](NC(=O)c1nccnc1N)c1ccccc1. The lowest BCUT2D eigenvalue weighted by Gasteiger charge is -2.14. The van der Waals surface area contributed by atoms with Crippen LogP contribution in [0, 0.1) is 0 Å². The molecule has 5 nitrogen and oxygen atoms in total. The van der Waals surface area contributed by atoms with Gasteiger partial charge in [-0.1, -0.05) is 30.3 Å². The van der Waals surface area contributed by atoms with Crippen LogP contribution >= 0.6 is 0 Å². The molecule has 0 aliphatic heterocycles. The third kappa shape index (κ3) is 2.63. The molecule has 1 aromatic carbocycles. The van der Waals surface area contributed by atoms with Crippen molar-refractivity contribution in [3.8, 4) is 0 Å². The lowest BCUT2D eigenvalue weighted by Crippen LogP contribution is -2.28. The summed E-state index contributed by atoms with van der Waals surface area (Å²) < 4.78 is 0. The Hall–Kier alpha value is -2.43. The van der Waals surface area contributed by atoms with E-state index in [2.05, 4.69) is 15.3 Å². The summed E-state index contributed by atoms with van der Waals surface area (Å²) in [6.07, 6.45) is 2.89. The Morgan fingerprint density at radius 1 is 1.22 bits per heavy atom. The van der Waals surface area contributed by atoms with E-state index in [0.29, 0.717) is 0 Å². The molecular formula is C13H14N4O. The van der Waals surface area contributed by atoms with Crippen molar-refractivity contribution in [2.75, 3.05) is 5.73 Å². The Kier molecular flexibility index (Phi) is 3.52. The zero-order chi connectivity index (χ0) is 13.0. The highest BCUT2D eigenvalue weighted by atomic mass is 16.2. The number of nitrogen functional groups attached to an aromatic ring is 1. The third-order valence-electron chi connectivity index (χ3n) is 2.59. The van der Waals surface area contributed by atoms with E-state index in [4.69, 9.17) is 5.73 Å². The number of carbonyl (C=O) groups is 1. The predicted octanol–water partition coefficient (Wildman–Crippen LogP) is 1.55. The second-order valence-electron chi connectivity index (χ2n) is 3.90. The lowest BCUT2D eigenvalue weighted by molar-refractivity contribution is 0.0935. The first-order valence-electron chi connectivity index (χ1n) is 5.61. The van der Waals surface area contributed by atoms with Crippen molar-refractivity contribution in [1.29, 1.82) is 0 Å². The maximum atomic E-state index is 12.0. The van der Waals surface area contributed by atoms with Gasteiger partial charge in [-0.15, -0.1) is 0 Å². The van der Waals surface area contributed by atoms with Gasteiger partial charge in [-0.25, -0.2) is 9.97 Å². The summed E-state index contributed by atoms with van der Waals surface area (Å²) in [4.78, 5) is 19.7. The average Bonchev–Trinajstić information content (AvgIpc) is 2.40. The van der Waals surface area contributed by atoms with Crippen LogP contribution in [-0.2, 0) is 0 Å². The van der Waals surface area contributed by atoms with Crippen molar-refractivity contribution < 1.29 is 4.79 Å². The van der Waals surface area contributed by atoms with Crippen molar-refractivity contribution >= 4 is 11.7 Å². The van der Waals surface area contributed by atoms with Crippen LogP contribution in [0.25, 0.3) is 0 Å². The minimum atomic E-state index is -0.322. The summed E-state index contributed by atoms with van der Waals surface area (Å²) in [5.74, 6) is -0.188. The van der Waals surface area contributed by atoms with Gasteiger partial charge in [-0.05, 0) is 12.5 Å². The van der Waals surface area contributed by atoms with Gasteiger partial charge in [0.05, 0.1) is 6.04 Å². The van der Waals surface area contributed by atoms with Gasteiger partial charge < -0.3 is 11.1 Å². The molecule has 0 saturated heterocycles. The highest BCUT2D eigenvalue weighted by Gasteiger charge is 2.15. The molecule has 2 aromatic rings. The molecule has 0 bridgehead atoms. The van der Waals surface area contributed by atoms with Gasteiger partial charge in [0.1, 0.15) is 0 Å². The van der Waals surface area contributed by atoms with Gasteiger partial charge in [0, 0.05) is 12.4 Å². The van der Waals surface area contributed by atoms with Gasteiger partial charge >= 0.3 is 0 Å². The van der Waals surface area contributed by atoms with E-state index in [1.165, 1.54) is 12.4 Å². The fourth-order valence-electron chi connectivity index (χ4n) is 1.61. The monoisotopic (exact) mass is 242 g/mol. The number of anilines is 1. The van der Waals surface area contributed by atoms with E-state index >= 15 is 0 Å². The lowest BCUT2D eigenvalue weighted by atomic mass is 10.1. The van der Waals surface area contributed by atoms with Crippen LogP contribution in [0.2, 0.25) is 0 Å². The van der Waals surface area contributed by atoms with Crippen molar-refractivity contribution in [3.63, 3.8) is 0 Å². The number of hydrogen-bond donors (Lipinski definition) is 2. The summed E-state index contributed by atoms with van der Waals surface area (Å²) in [6, 6.07) is 9.57. The highest BCUT2D eigenvalue weighted by molar-refractivity contribution is 5.96. The molecule has 0 aliphatic rings. The number of benzene rings is 1. The number of nitrogens with one attached hydrogen (secondary N) is 1. The molecule has 0 radical (unpaired) electrons. The Balaban J connectivity index is 2.11. The van der Waals surface area contributed by atoms with Gasteiger partial charge in [0.15, 0.2) is 11.5 Å². The van der Waals surface area contributed by atoms with E-state index in [0.717, 1.165) is 5.56 Å². The molecule has 92 valence electrons. The van der Waals surface area contributed by atoms with E-state index in [9.17, 15) is 4.79 Å². The van der Waals surface area contributed by atoms with Crippen molar-refractivity contribution in [2.45, 2.75) is 13.0 Å². The second-order valence-corrected chi connectivity index (χ2v) is 3.90. The summed E-state index contributed by atoms with van der Waals surface area (Å²) in [6.45, 7) is 1.90. The average molecular weight is 242 g/mol. The van der Waals surface area contributed by atoms with Gasteiger partial charge in [-0.3, -0.25) is 4.79 Å². The van der Waals surface area contributed by atoms with E-state index in [-0.39, 0.29) is 23.5 Å². The Morgan fingerprint density at radius 3 is 2.56 bits per heavy atom. The van der Waals surface area contributed by atoms with Gasteiger partial charge in [0.2, 0.25) is 0 Å². The highest BCUT2D eigenvalue weighted by Crippen LogP contribution is 2.12. The minimum Gasteiger partial charge on any atom is -0.382 e. The molecule has 0 unspecified atom stereocenters. The van der Waals surface area contributed by atoms with Crippen LogP contribution in [0.4, 0.5) is 5.82 Å². The molecule has 0 saturated carbocycles. The minimum absolute atomic E-state index is 0.111. The predicted molar refractivity (Wildman–Crippen MR) is 68.8 cm³/mol. The molecule has 5 heteroatoms. The number of nitrogens with two attached hydrogens (primary N) is 1. The number of hydrogen-bond acceptors (Lipinski definition) is 4. The van der Waals surface area contributed by atoms with Crippen LogP contribution in [0.15, 0.2) is 42.7 Å². The summed E-state index contributed by atoms with van der Waals surface area (Å²) in [5, 5.41) is 2.83. The molecule has 0 spiro atoms. The maximum absolute atomic E-state index is 12.0. The van der Waals surface area contributed by atoms with Crippen LogP contribution in [0.3, 0.4) is 0 Å². The molecule has 1 atom stereocenters. The van der Waals surface area contributed by atoms with E-state index < -0.39 is 0 Å².